The number of nitrogens with one attached hydrogen (secondary N) is 1. The van der Waals surface area contributed by atoms with E-state index < -0.39 is 11.8 Å². The maximum absolute atomic E-state index is 13.3. The molecule has 1 N–H and O–H groups in total. The molecule has 0 fully saturated rings. The third-order valence-electron chi connectivity index (χ3n) is 2.22. The van der Waals surface area contributed by atoms with E-state index in [9.17, 15) is 9.18 Å². The van der Waals surface area contributed by atoms with E-state index in [2.05, 4.69) is 20.0 Å². The highest BCUT2D eigenvalue weighted by Crippen LogP contribution is 2.21. The number of nitrogens with zero attached hydrogens (tertiary/aromatic N) is 2. The Labute approximate surface area is 113 Å². The SMILES string of the molecule is COC(=O)c1cncc(Nc2ccc(Cl)c(F)c2)n1. The molecule has 0 atom stereocenters. The van der Waals surface area contributed by atoms with Crippen molar-refractivity contribution in [1.82, 2.24) is 9.97 Å². The Balaban J connectivity index is 2.23. The highest BCUT2D eigenvalue weighted by atomic mass is 35.5. The number of carbonyl (C=O) groups is 1. The average Bonchev–Trinajstić information content (AvgIpc) is 2.42. The van der Waals surface area contributed by atoms with E-state index in [4.69, 9.17) is 11.6 Å². The van der Waals surface area contributed by atoms with Crippen molar-refractivity contribution < 1.29 is 13.9 Å². The van der Waals surface area contributed by atoms with Crippen LogP contribution in [0.2, 0.25) is 5.02 Å². The van der Waals surface area contributed by atoms with Crippen molar-refractivity contribution in [2.24, 2.45) is 0 Å². The Hall–Kier alpha value is -2.21. The molecule has 7 heteroatoms. The number of ether oxygens (including phenoxy) is 1. The van der Waals surface area contributed by atoms with Crippen LogP contribution < -0.4 is 5.32 Å². The van der Waals surface area contributed by atoms with Gasteiger partial charge >= 0.3 is 5.97 Å². The average molecular weight is 282 g/mol. The van der Waals surface area contributed by atoms with E-state index in [0.29, 0.717) is 11.5 Å². The molecule has 0 radical (unpaired) electrons. The largest absolute Gasteiger partial charge is 0.464 e. The standard InChI is InChI=1S/C12H9ClFN3O2/c1-19-12(18)10-5-15-6-11(17-10)16-7-2-3-8(13)9(14)4-7/h2-6H,1H3,(H,16,17). The Morgan fingerprint density at radius 1 is 1.42 bits per heavy atom. The molecule has 1 aromatic heterocycles. The van der Waals surface area contributed by atoms with Gasteiger partial charge in [0.2, 0.25) is 0 Å². The Morgan fingerprint density at radius 2 is 2.21 bits per heavy atom. The lowest BCUT2D eigenvalue weighted by molar-refractivity contribution is 0.0593. The summed E-state index contributed by atoms with van der Waals surface area (Å²) in [6, 6.07) is 4.21. The van der Waals surface area contributed by atoms with E-state index in [1.54, 1.807) is 6.07 Å². The van der Waals surface area contributed by atoms with Gasteiger partial charge in [-0.25, -0.2) is 14.2 Å². The molecule has 2 rings (SSSR count). The van der Waals surface area contributed by atoms with E-state index in [0.717, 1.165) is 0 Å². The number of anilines is 2. The molecule has 0 spiro atoms. The summed E-state index contributed by atoms with van der Waals surface area (Å²) in [5.41, 5.74) is 0.500. The zero-order valence-electron chi connectivity index (χ0n) is 9.85. The van der Waals surface area contributed by atoms with Gasteiger partial charge < -0.3 is 10.1 Å². The zero-order valence-corrected chi connectivity index (χ0v) is 10.6. The predicted octanol–water partition coefficient (Wildman–Crippen LogP) is 2.80. The van der Waals surface area contributed by atoms with Gasteiger partial charge in [0, 0.05) is 5.69 Å². The molecule has 2 aromatic rings. The molecule has 0 unspecified atom stereocenters. The zero-order chi connectivity index (χ0) is 13.8. The molecule has 0 aliphatic rings. The van der Waals surface area contributed by atoms with Crippen molar-refractivity contribution in [2.75, 3.05) is 12.4 Å². The van der Waals surface area contributed by atoms with Gasteiger partial charge in [0.25, 0.3) is 0 Å². The number of esters is 1. The Morgan fingerprint density at radius 3 is 2.89 bits per heavy atom. The van der Waals surface area contributed by atoms with Gasteiger partial charge in [0.05, 0.1) is 24.5 Å². The highest BCUT2D eigenvalue weighted by molar-refractivity contribution is 6.30. The summed E-state index contributed by atoms with van der Waals surface area (Å²) >= 11 is 5.58. The van der Waals surface area contributed by atoms with Crippen LogP contribution in [0.1, 0.15) is 10.5 Å². The first kappa shape index (κ1) is 13.2. The molecule has 5 nitrogen and oxygen atoms in total. The van der Waals surface area contributed by atoms with Crippen molar-refractivity contribution >= 4 is 29.1 Å². The van der Waals surface area contributed by atoms with Crippen LogP contribution in [0.5, 0.6) is 0 Å². The van der Waals surface area contributed by atoms with Crippen LogP contribution in [0.3, 0.4) is 0 Å². The lowest BCUT2D eigenvalue weighted by Gasteiger charge is -2.06. The summed E-state index contributed by atoms with van der Waals surface area (Å²) in [5.74, 6) is -0.855. The fourth-order valence-electron chi connectivity index (χ4n) is 1.35. The molecule has 1 aromatic carbocycles. The normalized spacial score (nSPS) is 10.1. The van der Waals surface area contributed by atoms with Gasteiger partial charge in [0.1, 0.15) is 11.6 Å². The molecule has 0 aliphatic carbocycles. The number of rotatable bonds is 3. The molecule has 0 saturated carbocycles. The third kappa shape index (κ3) is 3.17. The quantitative estimate of drug-likeness (QED) is 0.877. The number of methoxy groups -OCH3 is 1. The second kappa shape index (κ2) is 5.62. The minimum Gasteiger partial charge on any atom is -0.464 e. The second-order valence-electron chi connectivity index (χ2n) is 3.54. The maximum Gasteiger partial charge on any atom is 0.358 e. The summed E-state index contributed by atoms with van der Waals surface area (Å²) in [7, 11) is 1.25. The van der Waals surface area contributed by atoms with Crippen LogP contribution >= 0.6 is 11.6 Å². The summed E-state index contributed by atoms with van der Waals surface area (Å²) in [6.45, 7) is 0. The second-order valence-corrected chi connectivity index (χ2v) is 3.94. The highest BCUT2D eigenvalue weighted by Gasteiger charge is 2.09. The van der Waals surface area contributed by atoms with Crippen LogP contribution in [-0.2, 0) is 4.74 Å². The number of aromatic nitrogens is 2. The summed E-state index contributed by atoms with van der Waals surface area (Å²) in [4.78, 5) is 19.1. The maximum atomic E-state index is 13.3. The molecule has 0 saturated heterocycles. The van der Waals surface area contributed by atoms with Gasteiger partial charge in [0.15, 0.2) is 5.69 Å². The third-order valence-corrected chi connectivity index (χ3v) is 2.53. The molecule has 1 heterocycles. The molecule has 0 amide bonds. The lowest BCUT2D eigenvalue weighted by Crippen LogP contribution is -2.06. The Bertz CT molecular complexity index is 622. The molecule has 0 aliphatic heterocycles. The number of hydrogen-bond acceptors (Lipinski definition) is 5. The van der Waals surface area contributed by atoms with Gasteiger partial charge in [-0.15, -0.1) is 0 Å². The van der Waals surface area contributed by atoms with Crippen molar-refractivity contribution in [2.45, 2.75) is 0 Å². The Kier molecular flexibility index (Phi) is 3.91. The fraction of sp³-hybridized carbons (Fsp3) is 0.0833. The van der Waals surface area contributed by atoms with Crippen LogP contribution in [0.15, 0.2) is 30.6 Å². The van der Waals surface area contributed by atoms with Crippen LogP contribution in [0.25, 0.3) is 0 Å². The van der Waals surface area contributed by atoms with Crippen LogP contribution in [0, 0.1) is 5.82 Å². The predicted molar refractivity (Wildman–Crippen MR) is 68.1 cm³/mol. The van der Waals surface area contributed by atoms with Gasteiger partial charge in [-0.1, -0.05) is 11.6 Å². The lowest BCUT2D eigenvalue weighted by atomic mass is 10.3. The number of hydrogen-bond donors (Lipinski definition) is 1. The van der Waals surface area contributed by atoms with Crippen LogP contribution in [0.4, 0.5) is 15.9 Å². The van der Waals surface area contributed by atoms with Crippen LogP contribution in [-0.4, -0.2) is 23.0 Å². The number of benzene rings is 1. The van der Waals surface area contributed by atoms with Crippen molar-refractivity contribution in [3.05, 3.63) is 47.1 Å². The summed E-state index contributed by atoms with van der Waals surface area (Å²) in [6.07, 6.45) is 2.68. The van der Waals surface area contributed by atoms with E-state index in [1.165, 1.54) is 31.6 Å². The minimum atomic E-state index is -0.599. The molecule has 19 heavy (non-hydrogen) atoms. The fourth-order valence-corrected chi connectivity index (χ4v) is 1.47. The topological polar surface area (TPSA) is 64.1 Å². The van der Waals surface area contributed by atoms with E-state index in [1.807, 2.05) is 0 Å². The van der Waals surface area contributed by atoms with Gasteiger partial charge in [-0.2, -0.15) is 0 Å². The van der Waals surface area contributed by atoms with Gasteiger partial charge in [-0.3, -0.25) is 4.98 Å². The first-order chi connectivity index (χ1) is 9.10. The first-order valence-corrected chi connectivity index (χ1v) is 5.60. The molecular weight excluding hydrogens is 273 g/mol. The number of carbonyl (C=O) groups excluding carboxylic acids is 1. The number of halogens is 2. The van der Waals surface area contributed by atoms with Gasteiger partial charge in [-0.05, 0) is 18.2 Å². The molecule has 98 valence electrons. The van der Waals surface area contributed by atoms with Crippen molar-refractivity contribution in [3.8, 4) is 0 Å². The molecular formula is C12H9ClFN3O2. The minimum absolute atomic E-state index is 0.0277. The smallest absolute Gasteiger partial charge is 0.358 e. The summed E-state index contributed by atoms with van der Waals surface area (Å²) < 4.78 is 17.8. The van der Waals surface area contributed by atoms with E-state index >= 15 is 0 Å². The summed E-state index contributed by atoms with van der Waals surface area (Å²) in [5, 5.41) is 2.84. The monoisotopic (exact) mass is 281 g/mol. The van der Waals surface area contributed by atoms with Crippen molar-refractivity contribution in [3.63, 3.8) is 0 Å². The molecule has 0 bridgehead atoms. The van der Waals surface area contributed by atoms with Crippen molar-refractivity contribution in [1.29, 1.82) is 0 Å². The van der Waals surface area contributed by atoms with E-state index in [-0.39, 0.29) is 10.7 Å². The first-order valence-electron chi connectivity index (χ1n) is 5.22.